The number of sulfone groups is 1. The van der Waals surface area contributed by atoms with Gasteiger partial charge in [-0.3, -0.25) is 9.79 Å². The van der Waals surface area contributed by atoms with Crippen LogP contribution in [-0.4, -0.2) is 37.2 Å². The topological polar surface area (TPSA) is 115 Å². The molecule has 144 valence electrons. The maximum absolute atomic E-state index is 12.9. The molecule has 0 bridgehead atoms. The van der Waals surface area contributed by atoms with Gasteiger partial charge < -0.3 is 11.1 Å². The molecule has 2 atom stereocenters. The number of pyridine rings is 1. The highest BCUT2D eigenvalue weighted by Crippen LogP contribution is 2.23. The molecule has 0 aliphatic heterocycles. The quantitative estimate of drug-likeness (QED) is 0.425. The van der Waals surface area contributed by atoms with Crippen LogP contribution in [0.25, 0.3) is 0 Å². The molecule has 0 fully saturated rings. The highest BCUT2D eigenvalue weighted by atomic mass is 32.2. The van der Waals surface area contributed by atoms with Gasteiger partial charge in [-0.05, 0) is 42.1 Å². The van der Waals surface area contributed by atoms with Crippen LogP contribution < -0.4 is 16.4 Å². The number of hydrogen-bond donors (Lipinski definition) is 2. The fourth-order valence-corrected chi connectivity index (χ4v) is 3.58. The fourth-order valence-electron chi connectivity index (χ4n) is 2.38. The first kappa shape index (κ1) is 20.9. The standard InChI is InChI=1S/C17H20FN4O3PS/c1-10(19)21-15(9-27(2,24)25)13-7-12(4-6-16(13)26)22-17(23)14-5-3-11(18)8-20-14/h3-8,15H,9,26H2,1-2H3,(H2,19,21)(H,22,23). The number of aliphatic imine (C=N–C) groups is 1. The maximum atomic E-state index is 12.9. The summed E-state index contributed by atoms with van der Waals surface area (Å²) in [6.07, 6.45) is 2.07. The van der Waals surface area contributed by atoms with E-state index in [4.69, 9.17) is 5.73 Å². The predicted molar refractivity (Wildman–Crippen MR) is 108 cm³/mol. The number of carbonyl (C=O) groups is 1. The molecule has 0 aliphatic carbocycles. The fraction of sp³-hybridized carbons (Fsp3) is 0.235. The van der Waals surface area contributed by atoms with Gasteiger partial charge in [-0.2, -0.15) is 0 Å². The molecule has 1 aromatic heterocycles. The van der Waals surface area contributed by atoms with Crippen molar-refractivity contribution in [3.05, 3.63) is 53.6 Å². The number of nitrogens with one attached hydrogen (secondary N) is 1. The molecule has 1 amide bonds. The Morgan fingerprint density at radius 2 is 2.07 bits per heavy atom. The molecule has 1 heterocycles. The van der Waals surface area contributed by atoms with Crippen molar-refractivity contribution in [3.63, 3.8) is 0 Å². The van der Waals surface area contributed by atoms with E-state index in [9.17, 15) is 17.6 Å². The second kappa shape index (κ2) is 8.54. The number of aromatic nitrogens is 1. The Bertz CT molecular complexity index is 974. The first-order chi connectivity index (χ1) is 12.5. The lowest BCUT2D eigenvalue weighted by Crippen LogP contribution is -2.20. The van der Waals surface area contributed by atoms with Gasteiger partial charge in [0.2, 0.25) is 0 Å². The zero-order valence-corrected chi connectivity index (χ0v) is 16.8. The minimum absolute atomic E-state index is 0.0522. The number of halogens is 1. The first-order valence-corrected chi connectivity index (χ1v) is 10.5. The van der Waals surface area contributed by atoms with Crippen LogP contribution in [0.1, 0.15) is 29.0 Å². The predicted octanol–water partition coefficient (Wildman–Crippen LogP) is 1.44. The molecule has 0 saturated heterocycles. The summed E-state index contributed by atoms with van der Waals surface area (Å²) in [6, 6.07) is 6.70. The summed E-state index contributed by atoms with van der Waals surface area (Å²) in [4.78, 5) is 20.2. The number of nitrogens with two attached hydrogens (primary N) is 1. The minimum Gasteiger partial charge on any atom is -0.388 e. The number of amides is 1. The van der Waals surface area contributed by atoms with Gasteiger partial charge in [0.1, 0.15) is 21.3 Å². The summed E-state index contributed by atoms with van der Waals surface area (Å²) in [6.45, 7) is 1.57. The molecule has 2 rings (SSSR count). The monoisotopic (exact) mass is 410 g/mol. The van der Waals surface area contributed by atoms with Crippen molar-refractivity contribution in [1.82, 2.24) is 4.98 Å². The zero-order chi connectivity index (χ0) is 20.2. The van der Waals surface area contributed by atoms with Gasteiger partial charge in [-0.25, -0.2) is 17.8 Å². The molecule has 7 nitrogen and oxygen atoms in total. The van der Waals surface area contributed by atoms with E-state index in [-0.39, 0.29) is 17.3 Å². The third-order valence-corrected chi connectivity index (χ3v) is 4.93. The van der Waals surface area contributed by atoms with Crippen molar-refractivity contribution >= 4 is 41.8 Å². The van der Waals surface area contributed by atoms with Gasteiger partial charge in [-0.1, -0.05) is 6.07 Å². The number of hydrogen-bond acceptors (Lipinski definition) is 5. The van der Waals surface area contributed by atoms with Crippen LogP contribution in [0.2, 0.25) is 0 Å². The van der Waals surface area contributed by atoms with Gasteiger partial charge >= 0.3 is 0 Å². The Balaban J connectivity index is 2.34. The molecule has 3 N–H and O–H groups in total. The van der Waals surface area contributed by atoms with Crippen molar-refractivity contribution in [1.29, 1.82) is 0 Å². The van der Waals surface area contributed by atoms with Crippen molar-refractivity contribution in [2.24, 2.45) is 10.7 Å². The van der Waals surface area contributed by atoms with E-state index < -0.39 is 27.6 Å². The van der Waals surface area contributed by atoms with Gasteiger partial charge in [-0.15, -0.1) is 9.24 Å². The smallest absolute Gasteiger partial charge is 0.274 e. The summed E-state index contributed by atoms with van der Waals surface area (Å²) in [7, 11) is -0.811. The Morgan fingerprint density at radius 3 is 2.63 bits per heavy atom. The summed E-state index contributed by atoms with van der Waals surface area (Å²) in [5, 5.41) is 3.38. The second-order valence-corrected chi connectivity index (χ2v) is 8.85. The average Bonchev–Trinajstić information content (AvgIpc) is 2.55. The van der Waals surface area contributed by atoms with Crippen LogP contribution in [-0.2, 0) is 9.84 Å². The molecular weight excluding hydrogens is 390 g/mol. The van der Waals surface area contributed by atoms with E-state index in [1.54, 1.807) is 25.1 Å². The first-order valence-electron chi connectivity index (χ1n) is 7.85. The molecule has 0 saturated carbocycles. The normalized spacial score (nSPS) is 13.3. The Labute approximate surface area is 159 Å². The van der Waals surface area contributed by atoms with E-state index in [2.05, 4.69) is 24.5 Å². The van der Waals surface area contributed by atoms with Crippen LogP contribution >= 0.6 is 9.24 Å². The number of nitrogens with zero attached hydrogens (tertiary/aromatic N) is 2. The van der Waals surface area contributed by atoms with Gasteiger partial charge in [0.15, 0.2) is 0 Å². The van der Waals surface area contributed by atoms with Crippen molar-refractivity contribution < 1.29 is 17.6 Å². The van der Waals surface area contributed by atoms with E-state index >= 15 is 0 Å². The molecular formula is C17H20FN4O3PS. The number of amidine groups is 1. The van der Waals surface area contributed by atoms with E-state index in [0.717, 1.165) is 23.8 Å². The third-order valence-electron chi connectivity index (χ3n) is 3.48. The molecule has 0 radical (unpaired) electrons. The van der Waals surface area contributed by atoms with Crippen LogP contribution in [0.5, 0.6) is 0 Å². The molecule has 10 heteroatoms. The second-order valence-electron chi connectivity index (χ2n) is 6.04. The number of rotatable bonds is 6. The number of anilines is 1. The van der Waals surface area contributed by atoms with Crippen molar-refractivity contribution in [3.8, 4) is 0 Å². The highest BCUT2D eigenvalue weighted by Gasteiger charge is 2.20. The van der Waals surface area contributed by atoms with Crippen LogP contribution in [0.3, 0.4) is 0 Å². The number of benzene rings is 1. The molecule has 27 heavy (non-hydrogen) atoms. The molecule has 2 aromatic rings. The average molecular weight is 410 g/mol. The summed E-state index contributed by atoms with van der Waals surface area (Å²) in [5.41, 5.74) is 6.72. The van der Waals surface area contributed by atoms with Gasteiger partial charge in [0.25, 0.3) is 5.91 Å². The van der Waals surface area contributed by atoms with Gasteiger partial charge in [0, 0.05) is 11.9 Å². The lowest BCUT2D eigenvalue weighted by atomic mass is 10.1. The lowest BCUT2D eigenvalue weighted by Gasteiger charge is -2.17. The lowest BCUT2D eigenvalue weighted by molar-refractivity contribution is 0.102. The van der Waals surface area contributed by atoms with Gasteiger partial charge in [0.05, 0.1) is 23.8 Å². The van der Waals surface area contributed by atoms with E-state index in [0.29, 0.717) is 11.3 Å². The van der Waals surface area contributed by atoms with Crippen LogP contribution in [0, 0.1) is 5.82 Å². The van der Waals surface area contributed by atoms with Crippen LogP contribution in [0.15, 0.2) is 41.5 Å². The highest BCUT2D eigenvalue weighted by molar-refractivity contribution is 7.90. The molecule has 0 aliphatic rings. The van der Waals surface area contributed by atoms with Crippen LogP contribution in [0.4, 0.5) is 10.1 Å². The minimum atomic E-state index is -3.32. The summed E-state index contributed by atoms with van der Waals surface area (Å²) < 4.78 is 36.4. The summed E-state index contributed by atoms with van der Waals surface area (Å²) >= 11 is 0. The molecule has 0 spiro atoms. The number of carbonyl (C=O) groups excluding carboxylic acids is 1. The van der Waals surface area contributed by atoms with E-state index in [1.165, 1.54) is 6.07 Å². The van der Waals surface area contributed by atoms with E-state index in [1.807, 2.05) is 0 Å². The third kappa shape index (κ3) is 6.37. The maximum Gasteiger partial charge on any atom is 0.274 e. The van der Waals surface area contributed by atoms with Crippen molar-refractivity contribution in [2.75, 3.05) is 17.3 Å². The Morgan fingerprint density at radius 1 is 1.37 bits per heavy atom. The van der Waals surface area contributed by atoms with Crippen molar-refractivity contribution in [2.45, 2.75) is 13.0 Å². The molecule has 1 aromatic carbocycles. The summed E-state index contributed by atoms with van der Waals surface area (Å²) in [5.74, 6) is -1.03. The molecule has 2 unspecified atom stereocenters. The zero-order valence-electron chi connectivity index (χ0n) is 14.8. The Kier molecular flexibility index (Phi) is 6.62. The largest absolute Gasteiger partial charge is 0.388 e. The Hall–Kier alpha value is -2.38. The SMILES string of the molecule is CC(N)=NC(CS(C)(=O)=O)c1cc(NC(=O)c2ccc(F)cn2)ccc1P.